The molecule has 2 amide bonds. The largest absolute Gasteiger partial charge is 0.389 e. The molecule has 1 unspecified atom stereocenters. The van der Waals surface area contributed by atoms with Crippen LogP contribution in [0.2, 0.25) is 0 Å². The highest BCUT2D eigenvalue weighted by molar-refractivity contribution is 5.94. The lowest BCUT2D eigenvalue weighted by molar-refractivity contribution is -0.126. The third-order valence-electron chi connectivity index (χ3n) is 4.25. The van der Waals surface area contributed by atoms with Crippen LogP contribution in [-0.4, -0.2) is 56.6 Å². The van der Waals surface area contributed by atoms with Gasteiger partial charge in [0, 0.05) is 25.7 Å². The summed E-state index contributed by atoms with van der Waals surface area (Å²) in [5, 5.41) is 12.2. The van der Waals surface area contributed by atoms with E-state index in [1.54, 1.807) is 11.2 Å². The summed E-state index contributed by atoms with van der Waals surface area (Å²) in [6.45, 7) is 5.22. The summed E-state index contributed by atoms with van der Waals surface area (Å²) in [4.78, 5) is 30.3. The van der Waals surface area contributed by atoms with E-state index in [9.17, 15) is 14.7 Å². The molecule has 3 heterocycles. The number of hydrogen-bond acceptors (Lipinski definition) is 4. The molecule has 120 valence electrons. The summed E-state index contributed by atoms with van der Waals surface area (Å²) >= 11 is 0. The van der Waals surface area contributed by atoms with Crippen molar-refractivity contribution < 1.29 is 14.7 Å². The minimum atomic E-state index is -0.411. The molecule has 3 rings (SSSR count). The van der Waals surface area contributed by atoms with Crippen LogP contribution in [0.15, 0.2) is 6.33 Å². The Balaban J connectivity index is 1.70. The van der Waals surface area contributed by atoms with E-state index in [4.69, 9.17) is 0 Å². The molecule has 0 aliphatic carbocycles. The number of carbonyl (C=O) groups is 2. The predicted molar refractivity (Wildman–Crippen MR) is 79.2 cm³/mol. The number of β-amino-alcohol motifs (C(OH)–C–C–N with tert-alkyl or cyclic N) is 1. The molecular weight excluding hydrogens is 284 g/mol. The second kappa shape index (κ2) is 5.72. The van der Waals surface area contributed by atoms with Gasteiger partial charge in [-0.1, -0.05) is 0 Å². The Kier molecular flexibility index (Phi) is 3.90. The van der Waals surface area contributed by atoms with Crippen LogP contribution in [0, 0.1) is 5.92 Å². The van der Waals surface area contributed by atoms with Crippen molar-refractivity contribution in [2.75, 3.05) is 13.1 Å². The van der Waals surface area contributed by atoms with Crippen LogP contribution < -0.4 is 5.32 Å². The quantitative estimate of drug-likeness (QED) is 0.809. The molecule has 0 spiro atoms. The van der Waals surface area contributed by atoms with Crippen LogP contribution in [-0.2, 0) is 17.8 Å². The third kappa shape index (κ3) is 2.72. The van der Waals surface area contributed by atoms with E-state index < -0.39 is 6.10 Å². The van der Waals surface area contributed by atoms with E-state index in [0.717, 1.165) is 12.1 Å². The van der Waals surface area contributed by atoms with Crippen LogP contribution in [0.5, 0.6) is 0 Å². The minimum absolute atomic E-state index is 0.0630. The molecule has 2 aliphatic heterocycles. The molecule has 0 aromatic carbocycles. The van der Waals surface area contributed by atoms with Crippen molar-refractivity contribution in [2.24, 2.45) is 5.92 Å². The van der Waals surface area contributed by atoms with Crippen molar-refractivity contribution in [2.45, 2.75) is 45.4 Å². The summed E-state index contributed by atoms with van der Waals surface area (Å²) in [6, 6.07) is 0.131. The van der Waals surface area contributed by atoms with Crippen molar-refractivity contribution in [1.82, 2.24) is 19.8 Å². The Morgan fingerprint density at radius 2 is 2.09 bits per heavy atom. The maximum atomic E-state index is 12.3. The van der Waals surface area contributed by atoms with E-state index in [0.29, 0.717) is 31.7 Å². The summed E-state index contributed by atoms with van der Waals surface area (Å²) < 4.78 is 1.91. The number of likely N-dealkylation sites (tertiary alicyclic amines) is 1. The first-order valence-electron chi connectivity index (χ1n) is 7.77. The second-order valence-corrected chi connectivity index (χ2v) is 6.46. The van der Waals surface area contributed by atoms with E-state index in [1.807, 2.05) is 18.4 Å². The minimum Gasteiger partial charge on any atom is -0.389 e. The first-order valence-corrected chi connectivity index (χ1v) is 7.77. The summed E-state index contributed by atoms with van der Waals surface area (Å²) in [6.07, 6.45) is 2.64. The van der Waals surface area contributed by atoms with E-state index in [1.165, 1.54) is 0 Å². The predicted octanol–water partition coefficient (Wildman–Crippen LogP) is -0.213. The van der Waals surface area contributed by atoms with Gasteiger partial charge in [0.2, 0.25) is 5.91 Å². The average molecular weight is 306 g/mol. The highest BCUT2D eigenvalue weighted by Gasteiger charge is 2.34. The molecule has 2 aliphatic rings. The third-order valence-corrected chi connectivity index (χ3v) is 4.25. The molecule has 1 atom stereocenters. The van der Waals surface area contributed by atoms with E-state index in [2.05, 4.69) is 10.3 Å². The molecule has 7 nitrogen and oxygen atoms in total. The zero-order valence-electron chi connectivity index (χ0n) is 13.0. The number of carbonyl (C=O) groups excluding carboxylic acids is 2. The molecular formula is C15H22N4O3. The topological polar surface area (TPSA) is 87.5 Å². The fraction of sp³-hybridized carbons (Fsp3) is 0.667. The Hall–Kier alpha value is -1.89. The molecule has 1 aromatic rings. The molecule has 0 radical (unpaired) electrons. The molecule has 1 fully saturated rings. The summed E-state index contributed by atoms with van der Waals surface area (Å²) in [5.41, 5.74) is 1.37. The highest BCUT2D eigenvalue weighted by Crippen LogP contribution is 2.24. The first-order chi connectivity index (χ1) is 10.5. The number of rotatable bonds is 3. The van der Waals surface area contributed by atoms with E-state index in [-0.39, 0.29) is 23.8 Å². The molecule has 1 saturated heterocycles. The standard InChI is InChI=1S/C15H22N4O3/c1-9(2)17-14(21)10-3-4-12-13(16-8-19(12)5-10)15(22)18-6-11(20)7-18/h8-11,20H,3-7H2,1-2H3,(H,17,21). The molecule has 1 aromatic heterocycles. The van der Waals surface area contributed by atoms with Gasteiger partial charge in [0.25, 0.3) is 5.91 Å². The summed E-state index contributed by atoms with van der Waals surface area (Å²) in [5.74, 6) is -0.130. The maximum absolute atomic E-state index is 12.3. The van der Waals surface area contributed by atoms with Gasteiger partial charge in [-0.2, -0.15) is 0 Å². The number of hydrogen-bond donors (Lipinski definition) is 2. The molecule has 2 N–H and O–H groups in total. The molecule has 7 heteroatoms. The van der Waals surface area contributed by atoms with Crippen molar-refractivity contribution in [1.29, 1.82) is 0 Å². The zero-order chi connectivity index (χ0) is 15.9. The average Bonchev–Trinajstić information content (AvgIpc) is 2.85. The van der Waals surface area contributed by atoms with Gasteiger partial charge in [-0.05, 0) is 26.7 Å². The SMILES string of the molecule is CC(C)NC(=O)C1CCc2c(C(=O)N3CC(O)C3)ncn2C1. The van der Waals surface area contributed by atoms with Gasteiger partial charge in [-0.25, -0.2) is 4.98 Å². The Morgan fingerprint density at radius 1 is 1.36 bits per heavy atom. The van der Waals surface area contributed by atoms with Gasteiger partial charge in [-0.3, -0.25) is 9.59 Å². The number of fused-ring (bicyclic) bond motifs is 1. The lowest BCUT2D eigenvalue weighted by atomic mass is 9.95. The van der Waals surface area contributed by atoms with Crippen molar-refractivity contribution in [3.8, 4) is 0 Å². The second-order valence-electron chi connectivity index (χ2n) is 6.46. The number of aliphatic hydroxyl groups is 1. The van der Waals surface area contributed by atoms with Gasteiger partial charge in [-0.15, -0.1) is 0 Å². The number of amides is 2. The van der Waals surface area contributed by atoms with Crippen LogP contribution in [0.25, 0.3) is 0 Å². The number of nitrogens with zero attached hydrogens (tertiary/aromatic N) is 3. The van der Waals surface area contributed by atoms with Crippen LogP contribution in [0.1, 0.15) is 36.5 Å². The van der Waals surface area contributed by atoms with Crippen molar-refractivity contribution >= 4 is 11.8 Å². The monoisotopic (exact) mass is 306 g/mol. The van der Waals surface area contributed by atoms with Crippen molar-refractivity contribution in [3.05, 3.63) is 17.7 Å². The van der Waals surface area contributed by atoms with Crippen molar-refractivity contribution in [3.63, 3.8) is 0 Å². The highest BCUT2D eigenvalue weighted by atomic mass is 16.3. The normalized spacial score (nSPS) is 21.5. The molecule has 0 bridgehead atoms. The van der Waals surface area contributed by atoms with Crippen LogP contribution in [0.4, 0.5) is 0 Å². The van der Waals surface area contributed by atoms with Gasteiger partial charge < -0.3 is 19.9 Å². The smallest absolute Gasteiger partial charge is 0.274 e. The summed E-state index contributed by atoms with van der Waals surface area (Å²) in [7, 11) is 0. The number of aromatic nitrogens is 2. The number of aliphatic hydroxyl groups excluding tert-OH is 1. The first kappa shape index (κ1) is 15.0. The maximum Gasteiger partial charge on any atom is 0.274 e. The van der Waals surface area contributed by atoms with Crippen LogP contribution >= 0.6 is 0 Å². The van der Waals surface area contributed by atoms with Gasteiger partial charge in [0.15, 0.2) is 0 Å². The lowest BCUT2D eigenvalue weighted by Gasteiger charge is -2.35. The lowest BCUT2D eigenvalue weighted by Crippen LogP contribution is -2.53. The Labute approximate surface area is 129 Å². The van der Waals surface area contributed by atoms with Crippen LogP contribution in [0.3, 0.4) is 0 Å². The van der Waals surface area contributed by atoms with Gasteiger partial charge >= 0.3 is 0 Å². The fourth-order valence-electron chi connectivity index (χ4n) is 3.03. The number of imidazole rings is 1. The zero-order valence-corrected chi connectivity index (χ0v) is 13.0. The van der Waals surface area contributed by atoms with Gasteiger partial charge in [0.05, 0.1) is 24.0 Å². The Morgan fingerprint density at radius 3 is 2.73 bits per heavy atom. The van der Waals surface area contributed by atoms with Gasteiger partial charge in [0.1, 0.15) is 5.69 Å². The molecule has 0 saturated carbocycles. The Bertz CT molecular complexity index is 590. The number of nitrogens with one attached hydrogen (secondary N) is 1. The molecule has 22 heavy (non-hydrogen) atoms. The van der Waals surface area contributed by atoms with E-state index >= 15 is 0 Å². The fourth-order valence-corrected chi connectivity index (χ4v) is 3.03.